The molecule has 0 aliphatic heterocycles. The van der Waals surface area contributed by atoms with E-state index in [1.165, 1.54) is 10.9 Å². The molecule has 0 radical (unpaired) electrons. The first-order valence-electron chi connectivity index (χ1n) is 5.94. The lowest BCUT2D eigenvalue weighted by atomic mass is 10.2. The molecule has 2 aromatic rings. The molecule has 1 aromatic carbocycles. The monoisotopic (exact) mass is 434 g/mol. The molecular weight excluding hydrogens is 424 g/mol. The van der Waals surface area contributed by atoms with E-state index >= 15 is 0 Å². The lowest BCUT2D eigenvalue weighted by Crippen LogP contribution is -2.01. The smallest absolute Gasteiger partial charge is 0.216 e. The zero-order chi connectivity index (χ0) is 15.7. The number of phenolic OH excluding ortho intramolecular Hbond substituents is 2. The summed E-state index contributed by atoms with van der Waals surface area (Å²) in [5.41, 5.74) is 0.421. The maximum absolute atomic E-state index is 10.0. The van der Waals surface area contributed by atoms with Gasteiger partial charge in [0.05, 0.1) is 10.7 Å². The van der Waals surface area contributed by atoms with Gasteiger partial charge in [0, 0.05) is 11.5 Å². The van der Waals surface area contributed by atoms with Crippen LogP contribution in [0.2, 0.25) is 0 Å². The number of nitrogens with one attached hydrogen (secondary N) is 1. The lowest BCUT2D eigenvalue weighted by molar-refractivity contribution is 0.441. The van der Waals surface area contributed by atoms with Gasteiger partial charge >= 0.3 is 0 Å². The van der Waals surface area contributed by atoms with Gasteiger partial charge in [0.15, 0.2) is 5.82 Å². The van der Waals surface area contributed by atoms with Crippen molar-refractivity contribution in [2.24, 2.45) is 5.10 Å². The van der Waals surface area contributed by atoms with E-state index in [2.05, 4.69) is 47.2 Å². The van der Waals surface area contributed by atoms with E-state index in [-0.39, 0.29) is 21.9 Å². The molecule has 0 fully saturated rings. The topological polar surface area (TPSA) is 86.4 Å². The molecule has 0 saturated heterocycles. The van der Waals surface area contributed by atoms with Crippen LogP contribution in [0.25, 0.3) is 0 Å². The Morgan fingerprint density at radius 1 is 1.38 bits per heavy atom. The number of halogens is 2. The van der Waals surface area contributed by atoms with Gasteiger partial charge in [0.25, 0.3) is 0 Å². The lowest BCUT2D eigenvalue weighted by Gasteiger charge is -2.07. The molecule has 0 aliphatic carbocycles. The number of aromatic hydroxyl groups is 2. The number of H-pyrrole nitrogens is 1. The van der Waals surface area contributed by atoms with Crippen LogP contribution in [0, 0.1) is 4.77 Å². The van der Waals surface area contributed by atoms with Crippen LogP contribution in [-0.4, -0.2) is 31.3 Å². The van der Waals surface area contributed by atoms with E-state index in [0.29, 0.717) is 20.6 Å². The van der Waals surface area contributed by atoms with Gasteiger partial charge in [-0.1, -0.05) is 13.8 Å². The third-order valence-electron chi connectivity index (χ3n) is 2.70. The highest BCUT2D eigenvalue weighted by molar-refractivity contribution is 9.11. The minimum Gasteiger partial charge on any atom is -0.506 e. The quantitative estimate of drug-likeness (QED) is 0.504. The van der Waals surface area contributed by atoms with E-state index < -0.39 is 0 Å². The Morgan fingerprint density at radius 3 is 2.67 bits per heavy atom. The van der Waals surface area contributed by atoms with Crippen molar-refractivity contribution in [3.8, 4) is 11.5 Å². The summed E-state index contributed by atoms with van der Waals surface area (Å²) in [7, 11) is 0. The van der Waals surface area contributed by atoms with E-state index in [4.69, 9.17) is 12.2 Å². The molecule has 0 atom stereocenters. The van der Waals surface area contributed by atoms with E-state index in [1.807, 2.05) is 13.8 Å². The molecule has 1 heterocycles. The predicted molar refractivity (Wildman–Crippen MR) is 89.7 cm³/mol. The van der Waals surface area contributed by atoms with Crippen LogP contribution in [0.1, 0.15) is 31.2 Å². The van der Waals surface area contributed by atoms with E-state index in [9.17, 15) is 10.2 Å². The van der Waals surface area contributed by atoms with Crippen molar-refractivity contribution in [3.05, 3.63) is 31.2 Å². The minimum absolute atomic E-state index is 0.0764. The van der Waals surface area contributed by atoms with Gasteiger partial charge in [-0.3, -0.25) is 5.10 Å². The van der Waals surface area contributed by atoms with Crippen LogP contribution in [0.3, 0.4) is 0 Å². The maximum Gasteiger partial charge on any atom is 0.216 e. The highest BCUT2D eigenvalue weighted by Gasteiger charge is 2.13. The first-order valence-corrected chi connectivity index (χ1v) is 7.94. The van der Waals surface area contributed by atoms with Gasteiger partial charge in [0.1, 0.15) is 16.0 Å². The van der Waals surface area contributed by atoms with Crippen molar-refractivity contribution in [1.29, 1.82) is 0 Å². The standard InChI is InChI=1S/C12H12Br2N4O2S/c1-5(2)11-16-17-12(21)18(11)15-4-6-3-7(13)10(20)8(14)9(6)19/h3-5,19-20H,1-2H3,(H,17,21)/b15-4+. The second-order valence-corrected chi connectivity index (χ2v) is 6.59. The average Bonchev–Trinajstić information content (AvgIpc) is 2.80. The number of hydrogen-bond donors (Lipinski definition) is 3. The highest BCUT2D eigenvalue weighted by Crippen LogP contribution is 2.40. The van der Waals surface area contributed by atoms with Gasteiger partial charge in [-0.25, -0.2) is 0 Å². The van der Waals surface area contributed by atoms with Crippen LogP contribution in [0.4, 0.5) is 0 Å². The summed E-state index contributed by atoms with van der Waals surface area (Å²) in [4.78, 5) is 0. The fourth-order valence-electron chi connectivity index (χ4n) is 1.62. The molecule has 2 rings (SSSR count). The van der Waals surface area contributed by atoms with Gasteiger partial charge < -0.3 is 10.2 Å². The highest BCUT2D eigenvalue weighted by atomic mass is 79.9. The summed E-state index contributed by atoms with van der Waals surface area (Å²) in [5.74, 6) is 0.641. The number of nitrogens with zero attached hydrogens (tertiary/aromatic N) is 3. The summed E-state index contributed by atoms with van der Waals surface area (Å²) >= 11 is 11.4. The predicted octanol–water partition coefficient (Wildman–Crippen LogP) is 3.88. The van der Waals surface area contributed by atoms with Crippen molar-refractivity contribution in [2.45, 2.75) is 19.8 Å². The molecule has 0 bridgehead atoms. The molecule has 0 aliphatic rings. The third kappa shape index (κ3) is 3.19. The van der Waals surface area contributed by atoms with Crippen molar-refractivity contribution >= 4 is 50.3 Å². The summed E-state index contributed by atoms with van der Waals surface area (Å²) in [6.45, 7) is 3.95. The normalized spacial score (nSPS) is 11.7. The van der Waals surface area contributed by atoms with Crippen LogP contribution in [0.15, 0.2) is 20.1 Å². The second kappa shape index (κ2) is 6.29. The molecule has 9 heteroatoms. The Bertz CT molecular complexity index is 767. The molecule has 21 heavy (non-hydrogen) atoms. The molecule has 6 nitrogen and oxygen atoms in total. The fraction of sp³-hybridized carbons (Fsp3) is 0.250. The van der Waals surface area contributed by atoms with Gasteiger partial charge in [-0.15, -0.1) is 0 Å². The molecular formula is C12H12Br2N4O2S. The average molecular weight is 436 g/mol. The number of benzene rings is 1. The van der Waals surface area contributed by atoms with E-state index in [0.717, 1.165) is 0 Å². The molecule has 0 amide bonds. The minimum atomic E-state index is -0.111. The molecule has 112 valence electrons. The van der Waals surface area contributed by atoms with Crippen molar-refractivity contribution in [1.82, 2.24) is 14.9 Å². The SMILES string of the molecule is CC(C)c1n[nH]c(=S)n1/N=C/c1cc(Br)c(O)c(Br)c1O. The summed E-state index contributed by atoms with van der Waals surface area (Å²) < 4.78 is 2.49. The number of aromatic nitrogens is 3. The summed E-state index contributed by atoms with van der Waals surface area (Å²) in [6.07, 6.45) is 1.45. The van der Waals surface area contributed by atoms with Gasteiger partial charge in [-0.05, 0) is 50.1 Å². The largest absolute Gasteiger partial charge is 0.506 e. The zero-order valence-electron chi connectivity index (χ0n) is 11.1. The summed E-state index contributed by atoms with van der Waals surface area (Å²) in [5, 5.41) is 30.7. The zero-order valence-corrected chi connectivity index (χ0v) is 15.1. The molecule has 0 saturated carbocycles. The van der Waals surface area contributed by atoms with Crippen molar-refractivity contribution < 1.29 is 10.2 Å². The number of rotatable bonds is 3. The Morgan fingerprint density at radius 2 is 2.05 bits per heavy atom. The Labute approximate surface area is 142 Å². The van der Waals surface area contributed by atoms with Gasteiger partial charge in [0.2, 0.25) is 4.77 Å². The summed E-state index contributed by atoms with van der Waals surface area (Å²) in [6, 6.07) is 1.55. The number of hydrogen-bond acceptors (Lipinski definition) is 5. The molecule has 1 aromatic heterocycles. The second-order valence-electron chi connectivity index (χ2n) is 4.56. The molecule has 0 spiro atoms. The number of phenols is 2. The fourth-order valence-corrected chi connectivity index (χ4v) is 2.96. The van der Waals surface area contributed by atoms with E-state index in [1.54, 1.807) is 6.07 Å². The van der Waals surface area contributed by atoms with Crippen LogP contribution < -0.4 is 0 Å². The maximum atomic E-state index is 10.0. The van der Waals surface area contributed by atoms with Crippen LogP contribution in [-0.2, 0) is 0 Å². The van der Waals surface area contributed by atoms with Crippen molar-refractivity contribution in [2.75, 3.05) is 0 Å². The molecule has 0 unspecified atom stereocenters. The van der Waals surface area contributed by atoms with Crippen LogP contribution in [0.5, 0.6) is 11.5 Å². The third-order valence-corrected chi connectivity index (χ3v) is 4.32. The first-order chi connectivity index (χ1) is 9.82. The van der Waals surface area contributed by atoms with Crippen molar-refractivity contribution in [3.63, 3.8) is 0 Å². The number of aromatic amines is 1. The van der Waals surface area contributed by atoms with Crippen LogP contribution >= 0.6 is 44.1 Å². The molecule has 3 N–H and O–H groups in total. The van der Waals surface area contributed by atoms with Gasteiger partial charge in [-0.2, -0.15) is 14.9 Å². The Kier molecular flexibility index (Phi) is 4.84. The Hall–Kier alpha value is -1.19. The Balaban J connectivity index is 2.48. The first kappa shape index (κ1) is 16.2.